The molecule has 0 radical (unpaired) electrons. The van der Waals surface area contributed by atoms with E-state index in [2.05, 4.69) is 49.4 Å². The summed E-state index contributed by atoms with van der Waals surface area (Å²) < 4.78 is 5.60. The summed E-state index contributed by atoms with van der Waals surface area (Å²) in [5.41, 5.74) is 1.27. The zero-order valence-corrected chi connectivity index (χ0v) is 15.4. The van der Waals surface area contributed by atoms with Crippen molar-refractivity contribution in [3.05, 3.63) is 48.0 Å². The van der Waals surface area contributed by atoms with Gasteiger partial charge in [0.1, 0.15) is 0 Å². The molecule has 2 heteroatoms. The molecule has 1 saturated carbocycles. The highest BCUT2D eigenvalue weighted by Gasteiger charge is 2.27. The van der Waals surface area contributed by atoms with Crippen LogP contribution in [0.2, 0.25) is 0 Å². The van der Waals surface area contributed by atoms with Crippen LogP contribution in [0.1, 0.15) is 57.4 Å². The smallest absolute Gasteiger partial charge is 0.309 e. The first-order valence-electron chi connectivity index (χ1n) is 9.91. The normalized spacial score (nSPS) is 16.2. The maximum atomic E-state index is 12.7. The molecule has 1 atom stereocenters. The molecular formula is C23H30O2. The van der Waals surface area contributed by atoms with E-state index in [0.29, 0.717) is 12.5 Å². The van der Waals surface area contributed by atoms with Gasteiger partial charge in [0.2, 0.25) is 0 Å². The second-order valence-corrected chi connectivity index (χ2v) is 7.45. The lowest BCUT2D eigenvalue weighted by Gasteiger charge is -2.20. The van der Waals surface area contributed by atoms with Crippen LogP contribution in [0.3, 0.4) is 0 Å². The first-order valence-corrected chi connectivity index (χ1v) is 9.91. The maximum Gasteiger partial charge on any atom is 0.309 e. The fraction of sp³-hybridized carbons (Fsp3) is 0.522. The van der Waals surface area contributed by atoms with Gasteiger partial charge in [0.15, 0.2) is 0 Å². The van der Waals surface area contributed by atoms with Crippen molar-refractivity contribution in [2.45, 2.75) is 58.3 Å². The Labute approximate surface area is 151 Å². The van der Waals surface area contributed by atoms with Crippen LogP contribution in [0.15, 0.2) is 42.5 Å². The number of carbonyl (C=O) groups excluding carboxylic acids is 1. The molecule has 2 nitrogen and oxygen atoms in total. The van der Waals surface area contributed by atoms with Crippen LogP contribution in [0, 0.1) is 11.8 Å². The van der Waals surface area contributed by atoms with E-state index >= 15 is 0 Å². The molecule has 2 aromatic carbocycles. The molecule has 0 spiro atoms. The number of hydrogen-bond acceptors (Lipinski definition) is 2. The highest BCUT2D eigenvalue weighted by molar-refractivity contribution is 5.86. The van der Waals surface area contributed by atoms with Gasteiger partial charge >= 0.3 is 5.97 Å². The van der Waals surface area contributed by atoms with Crippen molar-refractivity contribution in [1.82, 2.24) is 0 Å². The molecule has 0 aliphatic heterocycles. The van der Waals surface area contributed by atoms with Gasteiger partial charge in [0.05, 0.1) is 12.5 Å². The standard InChI is InChI=1S/C23H30O2/c1-2-3-15-25-23(24)21(16-18-9-4-5-10-18)17-20-13-8-12-19-11-6-7-14-22(19)20/h6-8,11-14,18,21H,2-5,9-10,15-17H2,1H3. The van der Waals surface area contributed by atoms with Crippen LogP contribution in [-0.2, 0) is 16.0 Å². The topological polar surface area (TPSA) is 26.3 Å². The first kappa shape index (κ1) is 18.0. The number of esters is 1. The van der Waals surface area contributed by atoms with Crippen molar-refractivity contribution in [1.29, 1.82) is 0 Å². The molecule has 0 heterocycles. The quantitative estimate of drug-likeness (QED) is 0.441. The third kappa shape index (κ3) is 4.84. The minimum atomic E-state index is -0.00855. The van der Waals surface area contributed by atoms with Crippen LogP contribution in [0.25, 0.3) is 10.8 Å². The van der Waals surface area contributed by atoms with Crippen LogP contribution in [-0.4, -0.2) is 12.6 Å². The number of rotatable bonds is 8. The summed E-state index contributed by atoms with van der Waals surface area (Å²) in [4.78, 5) is 12.7. The van der Waals surface area contributed by atoms with Crippen molar-refractivity contribution in [3.8, 4) is 0 Å². The average Bonchev–Trinajstić information content (AvgIpc) is 3.15. The molecule has 0 amide bonds. The van der Waals surface area contributed by atoms with Gasteiger partial charge < -0.3 is 4.74 Å². The monoisotopic (exact) mass is 338 g/mol. The Balaban J connectivity index is 1.76. The van der Waals surface area contributed by atoms with Gasteiger partial charge in [-0.2, -0.15) is 0 Å². The van der Waals surface area contributed by atoms with Gasteiger partial charge in [-0.1, -0.05) is 81.5 Å². The number of benzene rings is 2. The Kier molecular flexibility index (Phi) is 6.49. The summed E-state index contributed by atoms with van der Waals surface area (Å²) in [6, 6.07) is 14.9. The molecule has 2 aromatic rings. The Bertz CT molecular complexity index is 680. The molecule has 1 unspecified atom stereocenters. The summed E-state index contributed by atoms with van der Waals surface area (Å²) >= 11 is 0. The van der Waals surface area contributed by atoms with Crippen molar-refractivity contribution in [3.63, 3.8) is 0 Å². The Hall–Kier alpha value is -1.83. The van der Waals surface area contributed by atoms with Gasteiger partial charge in [0.25, 0.3) is 0 Å². The molecule has 134 valence electrons. The van der Waals surface area contributed by atoms with E-state index in [1.54, 1.807) is 0 Å². The zero-order valence-electron chi connectivity index (χ0n) is 15.4. The van der Waals surface area contributed by atoms with Gasteiger partial charge in [-0.3, -0.25) is 4.79 Å². The molecule has 0 aromatic heterocycles. The fourth-order valence-electron chi connectivity index (χ4n) is 4.08. The van der Waals surface area contributed by atoms with Gasteiger partial charge in [-0.05, 0) is 41.5 Å². The molecule has 0 bridgehead atoms. The van der Waals surface area contributed by atoms with E-state index < -0.39 is 0 Å². The number of hydrogen-bond donors (Lipinski definition) is 0. The predicted molar refractivity (Wildman–Crippen MR) is 104 cm³/mol. The van der Waals surface area contributed by atoms with E-state index in [4.69, 9.17) is 4.74 Å². The molecular weight excluding hydrogens is 308 g/mol. The second-order valence-electron chi connectivity index (χ2n) is 7.45. The molecule has 1 aliphatic rings. The largest absolute Gasteiger partial charge is 0.465 e. The third-order valence-corrected chi connectivity index (χ3v) is 5.51. The van der Waals surface area contributed by atoms with Crippen molar-refractivity contribution in [2.24, 2.45) is 11.8 Å². The summed E-state index contributed by atoms with van der Waals surface area (Å²) in [5.74, 6) is 0.692. The summed E-state index contributed by atoms with van der Waals surface area (Å²) in [5, 5.41) is 2.52. The second kappa shape index (κ2) is 9.03. The number of fused-ring (bicyclic) bond motifs is 1. The molecule has 0 saturated heterocycles. The minimum Gasteiger partial charge on any atom is -0.465 e. The van der Waals surface area contributed by atoms with E-state index in [-0.39, 0.29) is 11.9 Å². The SMILES string of the molecule is CCCCOC(=O)C(Cc1cccc2ccccc12)CC1CCCC1. The average molecular weight is 338 g/mol. The van der Waals surface area contributed by atoms with Crippen molar-refractivity contribution >= 4 is 16.7 Å². The number of ether oxygens (including phenoxy) is 1. The van der Waals surface area contributed by atoms with Crippen LogP contribution in [0.5, 0.6) is 0 Å². The molecule has 1 aliphatic carbocycles. The van der Waals surface area contributed by atoms with Crippen LogP contribution < -0.4 is 0 Å². The van der Waals surface area contributed by atoms with E-state index in [9.17, 15) is 4.79 Å². The third-order valence-electron chi connectivity index (χ3n) is 5.51. The Morgan fingerprint density at radius 3 is 2.68 bits per heavy atom. The van der Waals surface area contributed by atoms with Crippen molar-refractivity contribution in [2.75, 3.05) is 6.61 Å². The highest BCUT2D eigenvalue weighted by Crippen LogP contribution is 2.33. The lowest BCUT2D eigenvalue weighted by Crippen LogP contribution is -2.23. The molecule has 25 heavy (non-hydrogen) atoms. The van der Waals surface area contributed by atoms with E-state index in [0.717, 1.165) is 25.7 Å². The molecule has 0 N–H and O–H groups in total. The van der Waals surface area contributed by atoms with Gasteiger partial charge in [-0.15, -0.1) is 0 Å². The van der Waals surface area contributed by atoms with Crippen LogP contribution in [0.4, 0.5) is 0 Å². The zero-order chi connectivity index (χ0) is 17.5. The van der Waals surface area contributed by atoms with Crippen molar-refractivity contribution < 1.29 is 9.53 Å². The minimum absolute atomic E-state index is 0.00767. The predicted octanol–water partition coefficient (Wildman–Crippen LogP) is 5.92. The van der Waals surface area contributed by atoms with Gasteiger partial charge in [-0.25, -0.2) is 0 Å². The lowest BCUT2D eigenvalue weighted by atomic mass is 9.87. The van der Waals surface area contributed by atoms with Crippen LogP contribution >= 0.6 is 0 Å². The fourth-order valence-corrected chi connectivity index (χ4v) is 4.08. The summed E-state index contributed by atoms with van der Waals surface area (Å²) in [7, 11) is 0. The Morgan fingerprint density at radius 2 is 1.88 bits per heavy atom. The van der Waals surface area contributed by atoms with Gasteiger partial charge in [0, 0.05) is 0 Å². The molecule has 3 rings (SSSR count). The van der Waals surface area contributed by atoms with E-state index in [1.807, 2.05) is 0 Å². The number of unbranched alkanes of at least 4 members (excludes halogenated alkanes) is 1. The Morgan fingerprint density at radius 1 is 1.12 bits per heavy atom. The summed E-state index contributed by atoms with van der Waals surface area (Å²) in [6.45, 7) is 2.69. The lowest BCUT2D eigenvalue weighted by molar-refractivity contribution is -0.149. The summed E-state index contributed by atoms with van der Waals surface area (Å²) in [6.07, 6.45) is 8.96. The highest BCUT2D eigenvalue weighted by atomic mass is 16.5. The first-order chi connectivity index (χ1) is 12.3. The van der Waals surface area contributed by atoms with E-state index in [1.165, 1.54) is 42.0 Å². The molecule has 1 fully saturated rings. The number of carbonyl (C=O) groups is 1. The maximum absolute atomic E-state index is 12.7.